The molecule has 1 aliphatic rings. The third kappa shape index (κ3) is 2.86. The van der Waals surface area contributed by atoms with Gasteiger partial charge in [0.15, 0.2) is 8.68 Å². The van der Waals surface area contributed by atoms with Crippen LogP contribution >= 0.6 is 22.9 Å². The number of halogens is 1. The van der Waals surface area contributed by atoms with Gasteiger partial charge in [-0.1, -0.05) is 28.9 Å². The van der Waals surface area contributed by atoms with Gasteiger partial charge in [0.1, 0.15) is 0 Å². The zero-order valence-corrected chi connectivity index (χ0v) is 12.3. The van der Waals surface area contributed by atoms with Gasteiger partial charge in [0.05, 0.1) is 12.2 Å². The molecule has 0 spiro atoms. The molecule has 0 radical (unpaired) electrons. The Labute approximate surface area is 116 Å². The number of hydrogen-bond donors (Lipinski definition) is 0. The van der Waals surface area contributed by atoms with Crippen molar-refractivity contribution in [3.8, 4) is 12.3 Å². The summed E-state index contributed by atoms with van der Waals surface area (Å²) in [5, 5.41) is 0. The average Bonchev–Trinajstić information content (AvgIpc) is 3.02. The smallest absolute Gasteiger partial charge is 0.229 e. The summed E-state index contributed by atoms with van der Waals surface area (Å²) < 4.78 is 26.7. The quantitative estimate of drug-likeness (QED) is 0.783. The summed E-state index contributed by atoms with van der Waals surface area (Å²) in [5.74, 6) is 2.84. The summed E-state index contributed by atoms with van der Waals surface area (Å²) in [6.45, 7) is 2.22. The highest BCUT2D eigenvalue weighted by atomic mass is 35.5. The van der Waals surface area contributed by atoms with E-state index in [1.54, 1.807) is 6.92 Å². The van der Waals surface area contributed by atoms with Crippen molar-refractivity contribution in [2.75, 3.05) is 13.1 Å². The molecule has 98 valence electrons. The van der Waals surface area contributed by atoms with Crippen LogP contribution in [-0.4, -0.2) is 30.8 Å². The minimum Gasteiger partial charge on any atom is -0.229 e. The number of hydrogen-bond acceptors (Lipinski definition) is 4. The maximum absolute atomic E-state index is 12.5. The standard InChI is InChI=1S/C11H13ClN2O2S2/c1-3-6-14(7-9-4-5-9)18(15,16)10-8(2)13-11(12)17-10/h1,9H,4-7H2,2H3. The summed E-state index contributed by atoms with van der Waals surface area (Å²) in [5.41, 5.74) is 0.433. The summed E-state index contributed by atoms with van der Waals surface area (Å²) >= 11 is 6.73. The molecule has 0 amide bonds. The Hall–Kier alpha value is -0.610. The largest absolute Gasteiger partial charge is 0.255 e. The van der Waals surface area contributed by atoms with Gasteiger partial charge in [0.25, 0.3) is 10.0 Å². The van der Waals surface area contributed by atoms with Crippen LogP contribution in [0.3, 0.4) is 0 Å². The van der Waals surface area contributed by atoms with Crippen molar-refractivity contribution < 1.29 is 8.42 Å². The molecular weight excluding hydrogens is 292 g/mol. The second-order valence-corrected chi connectivity index (χ2v) is 8.00. The molecule has 1 saturated carbocycles. The third-order valence-electron chi connectivity index (χ3n) is 2.73. The monoisotopic (exact) mass is 304 g/mol. The van der Waals surface area contributed by atoms with E-state index in [1.807, 2.05) is 0 Å². The van der Waals surface area contributed by atoms with Crippen molar-refractivity contribution in [3.63, 3.8) is 0 Å². The van der Waals surface area contributed by atoms with Crippen LogP contribution in [0.25, 0.3) is 0 Å². The third-order valence-corrected chi connectivity index (χ3v) is 6.39. The molecule has 1 aromatic rings. The number of aromatic nitrogens is 1. The number of rotatable bonds is 5. The fraction of sp³-hybridized carbons (Fsp3) is 0.545. The van der Waals surface area contributed by atoms with E-state index in [4.69, 9.17) is 18.0 Å². The van der Waals surface area contributed by atoms with Gasteiger partial charge in [-0.05, 0) is 25.7 Å². The molecule has 0 atom stereocenters. The fourth-order valence-electron chi connectivity index (χ4n) is 1.65. The van der Waals surface area contributed by atoms with E-state index in [-0.39, 0.29) is 15.2 Å². The summed E-state index contributed by atoms with van der Waals surface area (Å²) in [6, 6.07) is 0. The maximum Gasteiger partial charge on any atom is 0.255 e. The van der Waals surface area contributed by atoms with Crippen molar-refractivity contribution in [1.82, 2.24) is 9.29 Å². The molecule has 1 aromatic heterocycles. The zero-order chi connectivity index (χ0) is 13.3. The minimum atomic E-state index is -3.57. The first-order chi connectivity index (χ1) is 8.45. The van der Waals surface area contributed by atoms with Crippen LogP contribution in [0.2, 0.25) is 4.47 Å². The molecule has 1 heterocycles. The molecule has 0 N–H and O–H groups in total. The number of terminal acetylenes is 1. The second-order valence-electron chi connectivity index (χ2n) is 4.28. The molecule has 4 nitrogen and oxygen atoms in total. The van der Waals surface area contributed by atoms with Crippen molar-refractivity contribution in [3.05, 3.63) is 10.2 Å². The Morgan fingerprint density at radius 1 is 1.61 bits per heavy atom. The first-order valence-electron chi connectivity index (χ1n) is 5.51. The summed E-state index contributed by atoms with van der Waals surface area (Å²) in [6.07, 6.45) is 7.39. The highest BCUT2D eigenvalue weighted by Crippen LogP contribution is 2.34. The fourth-order valence-corrected chi connectivity index (χ4v) is 4.95. The van der Waals surface area contributed by atoms with Crippen LogP contribution in [-0.2, 0) is 10.0 Å². The first-order valence-corrected chi connectivity index (χ1v) is 8.15. The number of sulfonamides is 1. The average molecular weight is 305 g/mol. The van der Waals surface area contributed by atoms with Crippen molar-refractivity contribution in [1.29, 1.82) is 0 Å². The first kappa shape index (κ1) is 13.8. The van der Waals surface area contributed by atoms with Crippen LogP contribution < -0.4 is 0 Å². The zero-order valence-electron chi connectivity index (χ0n) is 9.89. The summed E-state index contributed by atoms with van der Waals surface area (Å²) in [4.78, 5) is 3.94. The van der Waals surface area contributed by atoms with Crippen LogP contribution in [0.5, 0.6) is 0 Å². The van der Waals surface area contributed by atoms with E-state index in [0.717, 1.165) is 24.2 Å². The maximum atomic E-state index is 12.5. The Balaban J connectivity index is 2.32. The van der Waals surface area contributed by atoms with E-state index >= 15 is 0 Å². The predicted octanol–water partition coefficient (Wildman–Crippen LogP) is 2.14. The van der Waals surface area contributed by atoms with Gasteiger partial charge in [-0.15, -0.1) is 6.42 Å². The van der Waals surface area contributed by atoms with Crippen molar-refractivity contribution >= 4 is 33.0 Å². The minimum absolute atomic E-state index is 0.0911. The number of aryl methyl sites for hydroxylation is 1. The Morgan fingerprint density at radius 3 is 2.72 bits per heavy atom. The molecular formula is C11H13ClN2O2S2. The number of nitrogens with zero attached hydrogens (tertiary/aromatic N) is 2. The van der Waals surface area contributed by atoms with Gasteiger partial charge >= 0.3 is 0 Å². The molecule has 18 heavy (non-hydrogen) atoms. The second kappa shape index (κ2) is 5.17. The Morgan fingerprint density at radius 2 is 2.28 bits per heavy atom. The summed E-state index contributed by atoms with van der Waals surface area (Å²) in [7, 11) is -3.57. The lowest BCUT2D eigenvalue weighted by molar-refractivity contribution is 0.431. The van der Waals surface area contributed by atoms with E-state index in [9.17, 15) is 8.42 Å². The van der Waals surface area contributed by atoms with E-state index < -0.39 is 10.0 Å². The van der Waals surface area contributed by atoms with E-state index in [0.29, 0.717) is 18.2 Å². The van der Waals surface area contributed by atoms with Gasteiger partial charge in [-0.25, -0.2) is 13.4 Å². The van der Waals surface area contributed by atoms with Crippen LogP contribution in [0.15, 0.2) is 4.21 Å². The molecule has 1 aliphatic carbocycles. The number of thiazole rings is 1. The van der Waals surface area contributed by atoms with Gasteiger partial charge in [0, 0.05) is 6.54 Å². The van der Waals surface area contributed by atoms with Crippen LogP contribution in [0, 0.1) is 25.2 Å². The van der Waals surface area contributed by atoms with E-state index in [2.05, 4.69) is 10.9 Å². The molecule has 7 heteroatoms. The molecule has 2 rings (SSSR count). The van der Waals surface area contributed by atoms with Gasteiger partial charge in [-0.2, -0.15) is 4.31 Å². The SMILES string of the molecule is C#CCN(CC1CC1)S(=O)(=O)c1sc(Cl)nc1C. The van der Waals surface area contributed by atoms with E-state index in [1.165, 1.54) is 4.31 Å². The lowest BCUT2D eigenvalue weighted by Gasteiger charge is -2.18. The Kier molecular flexibility index (Phi) is 3.97. The van der Waals surface area contributed by atoms with Crippen molar-refractivity contribution in [2.24, 2.45) is 5.92 Å². The van der Waals surface area contributed by atoms with Gasteiger partial charge in [0.2, 0.25) is 0 Å². The van der Waals surface area contributed by atoms with Crippen LogP contribution in [0.4, 0.5) is 0 Å². The lowest BCUT2D eigenvalue weighted by Crippen LogP contribution is -2.33. The molecule has 1 fully saturated rings. The molecule has 0 bridgehead atoms. The molecule has 0 aromatic carbocycles. The molecule has 0 unspecified atom stereocenters. The highest BCUT2D eigenvalue weighted by molar-refractivity contribution is 7.91. The predicted molar refractivity (Wildman–Crippen MR) is 72.2 cm³/mol. The topological polar surface area (TPSA) is 50.3 Å². The molecule has 0 aliphatic heterocycles. The highest BCUT2D eigenvalue weighted by Gasteiger charge is 2.33. The lowest BCUT2D eigenvalue weighted by atomic mass is 10.4. The van der Waals surface area contributed by atoms with Gasteiger partial charge in [-0.3, -0.25) is 0 Å². The normalized spacial score (nSPS) is 15.9. The van der Waals surface area contributed by atoms with Crippen LogP contribution in [0.1, 0.15) is 18.5 Å². The van der Waals surface area contributed by atoms with Crippen molar-refractivity contribution in [2.45, 2.75) is 24.0 Å². The Bertz CT molecular complexity index is 585. The van der Waals surface area contributed by atoms with Gasteiger partial charge < -0.3 is 0 Å². The molecule has 0 saturated heterocycles.